The van der Waals surface area contributed by atoms with E-state index in [0.29, 0.717) is 11.0 Å². The predicted molar refractivity (Wildman–Crippen MR) is 69.1 cm³/mol. The maximum absolute atomic E-state index is 12.0. The summed E-state index contributed by atoms with van der Waals surface area (Å²) in [7, 11) is 0. The lowest BCUT2D eigenvalue weighted by atomic mass is 10.0. The normalized spacial score (nSPS) is 11.9. The number of nitrogens with zero attached hydrogens (tertiary/aromatic N) is 1. The summed E-state index contributed by atoms with van der Waals surface area (Å²) in [5, 5.41) is 9.23. The maximum Gasteiger partial charge on any atom is 0.337 e. The number of nitrogens with one attached hydrogen (secondary N) is 1. The Kier molecular flexibility index (Phi) is 2.77. The molecule has 1 heterocycles. The molecule has 0 fully saturated rings. The lowest BCUT2D eigenvalue weighted by molar-refractivity contribution is 0.0698. The van der Waals surface area contributed by atoms with Gasteiger partial charge in [0.05, 0.1) is 16.6 Å². The molecular formula is C13H16N2O3. The van der Waals surface area contributed by atoms with Crippen LogP contribution in [0.5, 0.6) is 0 Å². The first-order valence-corrected chi connectivity index (χ1v) is 5.86. The molecule has 2 rings (SSSR count). The highest BCUT2D eigenvalue weighted by Crippen LogP contribution is 2.25. The molecule has 0 aliphatic carbocycles. The molecule has 0 spiro atoms. The zero-order valence-electron chi connectivity index (χ0n) is 10.7. The Bertz CT molecular complexity index is 664. The first-order valence-electron chi connectivity index (χ1n) is 5.86. The van der Waals surface area contributed by atoms with E-state index in [1.165, 1.54) is 10.6 Å². The molecule has 0 unspecified atom stereocenters. The number of aromatic amines is 1. The number of aromatic carboxylic acids is 1. The minimum atomic E-state index is -1.03. The van der Waals surface area contributed by atoms with Gasteiger partial charge in [0.1, 0.15) is 0 Å². The van der Waals surface area contributed by atoms with Crippen molar-refractivity contribution in [2.45, 2.75) is 32.7 Å². The zero-order chi connectivity index (χ0) is 13.5. The molecular weight excluding hydrogens is 232 g/mol. The standard InChI is InChI=1S/C13H16N2O3/c1-4-13(2,3)15-10-8(11(16)17)6-5-7-9(10)14-12(15)18/h5-7H,4H2,1-3H3,(H,14,18)(H,16,17). The summed E-state index contributed by atoms with van der Waals surface area (Å²) in [6.45, 7) is 5.80. The Morgan fingerprint density at radius 1 is 1.44 bits per heavy atom. The van der Waals surface area contributed by atoms with Gasteiger partial charge in [0.15, 0.2) is 0 Å². The van der Waals surface area contributed by atoms with E-state index >= 15 is 0 Å². The minimum absolute atomic E-state index is 0.146. The highest BCUT2D eigenvalue weighted by atomic mass is 16.4. The molecule has 96 valence electrons. The van der Waals surface area contributed by atoms with E-state index in [1.54, 1.807) is 12.1 Å². The molecule has 0 aliphatic heterocycles. The summed E-state index contributed by atoms with van der Waals surface area (Å²) in [5.41, 5.74) is 0.460. The van der Waals surface area contributed by atoms with Crippen LogP contribution >= 0.6 is 0 Å². The van der Waals surface area contributed by atoms with Crippen molar-refractivity contribution in [3.63, 3.8) is 0 Å². The Labute approximate surface area is 104 Å². The molecule has 2 N–H and O–H groups in total. The van der Waals surface area contributed by atoms with Gasteiger partial charge in [-0.3, -0.25) is 4.57 Å². The van der Waals surface area contributed by atoms with Crippen LogP contribution in [0.25, 0.3) is 11.0 Å². The Morgan fingerprint density at radius 3 is 2.67 bits per heavy atom. The lowest BCUT2D eigenvalue weighted by Gasteiger charge is -2.25. The minimum Gasteiger partial charge on any atom is -0.478 e. The van der Waals surface area contributed by atoms with Crippen molar-refractivity contribution in [3.8, 4) is 0 Å². The SMILES string of the molecule is CCC(C)(C)n1c(=O)[nH]c2cccc(C(=O)O)c21. The largest absolute Gasteiger partial charge is 0.478 e. The summed E-state index contributed by atoms with van der Waals surface area (Å²) < 4.78 is 1.53. The summed E-state index contributed by atoms with van der Waals surface area (Å²) in [4.78, 5) is 26.0. The van der Waals surface area contributed by atoms with E-state index in [0.717, 1.165) is 6.42 Å². The van der Waals surface area contributed by atoms with Gasteiger partial charge in [-0.1, -0.05) is 13.0 Å². The number of benzene rings is 1. The predicted octanol–water partition coefficient (Wildman–Crippen LogP) is 2.17. The number of carboxylic acid groups (broad SMARTS) is 1. The van der Waals surface area contributed by atoms with Crippen molar-refractivity contribution in [1.82, 2.24) is 9.55 Å². The molecule has 5 heteroatoms. The smallest absolute Gasteiger partial charge is 0.337 e. The second-order valence-electron chi connectivity index (χ2n) is 4.94. The average molecular weight is 248 g/mol. The van der Waals surface area contributed by atoms with Crippen LogP contribution in [0.2, 0.25) is 0 Å². The van der Waals surface area contributed by atoms with Crippen molar-refractivity contribution in [2.24, 2.45) is 0 Å². The molecule has 0 amide bonds. The summed E-state index contributed by atoms with van der Waals surface area (Å²) >= 11 is 0. The number of para-hydroxylation sites is 1. The second kappa shape index (κ2) is 4.01. The van der Waals surface area contributed by atoms with Crippen LogP contribution in [0, 0.1) is 0 Å². The molecule has 2 aromatic rings. The first-order chi connectivity index (χ1) is 8.38. The number of carboxylic acids is 1. The highest BCUT2D eigenvalue weighted by Gasteiger charge is 2.25. The van der Waals surface area contributed by atoms with Crippen molar-refractivity contribution >= 4 is 17.0 Å². The quantitative estimate of drug-likeness (QED) is 0.874. The fourth-order valence-electron chi connectivity index (χ4n) is 2.07. The van der Waals surface area contributed by atoms with E-state index in [1.807, 2.05) is 20.8 Å². The number of H-pyrrole nitrogens is 1. The van der Waals surface area contributed by atoms with Gasteiger partial charge in [0.25, 0.3) is 0 Å². The summed E-state index contributed by atoms with van der Waals surface area (Å²) in [6, 6.07) is 4.86. The number of hydrogen-bond acceptors (Lipinski definition) is 2. The number of aromatic nitrogens is 2. The highest BCUT2D eigenvalue weighted by molar-refractivity contribution is 6.01. The third-order valence-electron chi connectivity index (χ3n) is 3.41. The molecule has 1 aromatic carbocycles. The number of rotatable bonds is 3. The van der Waals surface area contributed by atoms with Crippen molar-refractivity contribution in [1.29, 1.82) is 0 Å². The van der Waals surface area contributed by atoms with E-state index in [9.17, 15) is 14.7 Å². The van der Waals surface area contributed by atoms with Crippen molar-refractivity contribution < 1.29 is 9.90 Å². The van der Waals surface area contributed by atoms with Gasteiger partial charge in [0.2, 0.25) is 0 Å². The van der Waals surface area contributed by atoms with E-state index in [-0.39, 0.29) is 11.3 Å². The molecule has 0 atom stereocenters. The van der Waals surface area contributed by atoms with Crippen LogP contribution in [0.4, 0.5) is 0 Å². The van der Waals surface area contributed by atoms with Crippen molar-refractivity contribution in [3.05, 3.63) is 34.2 Å². The lowest BCUT2D eigenvalue weighted by Crippen LogP contribution is -2.34. The van der Waals surface area contributed by atoms with E-state index in [2.05, 4.69) is 4.98 Å². The molecule has 1 aromatic heterocycles. The Morgan fingerprint density at radius 2 is 2.11 bits per heavy atom. The van der Waals surface area contributed by atoms with Gasteiger partial charge >= 0.3 is 11.7 Å². The molecule has 0 bridgehead atoms. The van der Waals surface area contributed by atoms with E-state index in [4.69, 9.17) is 0 Å². The summed E-state index contributed by atoms with van der Waals surface area (Å²) in [5.74, 6) is -1.03. The Hall–Kier alpha value is -2.04. The van der Waals surface area contributed by atoms with Crippen LogP contribution in [0.3, 0.4) is 0 Å². The summed E-state index contributed by atoms with van der Waals surface area (Å²) in [6.07, 6.45) is 0.730. The van der Waals surface area contributed by atoms with Gasteiger partial charge in [0, 0.05) is 5.54 Å². The van der Waals surface area contributed by atoms with Gasteiger partial charge < -0.3 is 10.1 Å². The van der Waals surface area contributed by atoms with Crippen LogP contribution in [0.1, 0.15) is 37.6 Å². The molecule has 0 saturated carbocycles. The van der Waals surface area contributed by atoms with Crippen LogP contribution in [-0.4, -0.2) is 20.6 Å². The van der Waals surface area contributed by atoms with Gasteiger partial charge in [-0.15, -0.1) is 0 Å². The second-order valence-corrected chi connectivity index (χ2v) is 4.94. The molecule has 0 saturated heterocycles. The van der Waals surface area contributed by atoms with Crippen LogP contribution < -0.4 is 5.69 Å². The third-order valence-corrected chi connectivity index (χ3v) is 3.41. The van der Waals surface area contributed by atoms with Crippen LogP contribution in [0.15, 0.2) is 23.0 Å². The van der Waals surface area contributed by atoms with Crippen LogP contribution in [-0.2, 0) is 5.54 Å². The first kappa shape index (κ1) is 12.4. The maximum atomic E-state index is 12.0. The third kappa shape index (κ3) is 1.72. The van der Waals surface area contributed by atoms with Gasteiger partial charge in [-0.25, -0.2) is 9.59 Å². The molecule has 18 heavy (non-hydrogen) atoms. The fourth-order valence-corrected chi connectivity index (χ4v) is 2.07. The number of hydrogen-bond donors (Lipinski definition) is 2. The number of carbonyl (C=O) groups is 1. The zero-order valence-corrected chi connectivity index (χ0v) is 10.7. The monoisotopic (exact) mass is 248 g/mol. The fraction of sp³-hybridized carbons (Fsp3) is 0.385. The average Bonchev–Trinajstić information content (AvgIpc) is 2.64. The Balaban J connectivity index is 2.93. The number of imidazole rings is 1. The topological polar surface area (TPSA) is 75.1 Å². The number of fused-ring (bicyclic) bond motifs is 1. The molecule has 0 aliphatic rings. The van der Waals surface area contributed by atoms with Crippen molar-refractivity contribution in [2.75, 3.05) is 0 Å². The van der Waals surface area contributed by atoms with E-state index < -0.39 is 11.5 Å². The van der Waals surface area contributed by atoms with Gasteiger partial charge in [-0.05, 0) is 32.4 Å². The molecule has 5 nitrogen and oxygen atoms in total. The van der Waals surface area contributed by atoms with Gasteiger partial charge in [-0.2, -0.15) is 0 Å². The molecule has 0 radical (unpaired) electrons.